The molecule has 1 fully saturated rings. The molecule has 4 N–H and O–H groups in total. The Morgan fingerprint density at radius 2 is 1.95 bits per heavy atom. The van der Waals surface area contributed by atoms with Crippen LogP contribution in [0.15, 0.2) is 24.3 Å². The average Bonchev–Trinajstić information content (AvgIpc) is 3.00. The molecule has 0 heterocycles. The fourth-order valence-corrected chi connectivity index (χ4v) is 2.40. The highest BCUT2D eigenvalue weighted by molar-refractivity contribution is 5.94. The Bertz CT molecular complexity index is 414. The van der Waals surface area contributed by atoms with E-state index in [0.717, 1.165) is 18.7 Å². The number of carbonyl (C=O) groups excluding carboxylic acids is 1. The van der Waals surface area contributed by atoms with Crippen molar-refractivity contribution < 1.29 is 9.53 Å². The number of nitrogens with two attached hydrogens (primary N) is 1. The van der Waals surface area contributed by atoms with Crippen LogP contribution in [0.25, 0.3) is 0 Å². The smallest absolute Gasteiger partial charge is 0.251 e. The van der Waals surface area contributed by atoms with Crippen LogP contribution in [0.4, 0.5) is 5.69 Å². The molecular weight excluding hydrogens is 254 g/mol. The van der Waals surface area contributed by atoms with Crippen LogP contribution >= 0.6 is 0 Å². The zero-order valence-corrected chi connectivity index (χ0v) is 11.7. The predicted octanol–water partition coefficient (Wildman–Crippen LogP) is 2.05. The number of nitrogen functional groups attached to an aromatic ring is 1. The van der Waals surface area contributed by atoms with E-state index in [4.69, 9.17) is 10.6 Å². The van der Waals surface area contributed by atoms with Gasteiger partial charge >= 0.3 is 0 Å². The molecule has 5 nitrogen and oxygen atoms in total. The van der Waals surface area contributed by atoms with Crippen LogP contribution in [0.2, 0.25) is 0 Å². The van der Waals surface area contributed by atoms with Gasteiger partial charge < -0.3 is 15.5 Å². The summed E-state index contributed by atoms with van der Waals surface area (Å²) in [5.41, 5.74) is 3.95. The number of hydrazine groups is 1. The van der Waals surface area contributed by atoms with E-state index in [-0.39, 0.29) is 5.91 Å². The Morgan fingerprint density at radius 1 is 1.25 bits per heavy atom. The lowest BCUT2D eigenvalue weighted by Gasteiger charge is -2.11. The van der Waals surface area contributed by atoms with Gasteiger partial charge in [-0.3, -0.25) is 10.6 Å². The van der Waals surface area contributed by atoms with Crippen LogP contribution in [0.5, 0.6) is 0 Å². The number of amides is 1. The molecule has 0 unspecified atom stereocenters. The fourth-order valence-electron chi connectivity index (χ4n) is 2.40. The van der Waals surface area contributed by atoms with Crippen molar-refractivity contribution >= 4 is 11.6 Å². The first-order chi connectivity index (χ1) is 9.79. The van der Waals surface area contributed by atoms with Gasteiger partial charge in [0.2, 0.25) is 0 Å². The van der Waals surface area contributed by atoms with E-state index < -0.39 is 0 Å². The third-order valence-electron chi connectivity index (χ3n) is 3.58. The van der Waals surface area contributed by atoms with Gasteiger partial charge in [-0.15, -0.1) is 0 Å². The minimum absolute atomic E-state index is 0.0607. The van der Waals surface area contributed by atoms with Crippen LogP contribution < -0.4 is 16.6 Å². The van der Waals surface area contributed by atoms with Gasteiger partial charge in [0.25, 0.3) is 5.91 Å². The summed E-state index contributed by atoms with van der Waals surface area (Å²) in [6.07, 6.45) is 6.25. The molecule has 1 aliphatic rings. The second-order valence-corrected chi connectivity index (χ2v) is 5.11. The quantitative estimate of drug-likeness (QED) is 0.405. The van der Waals surface area contributed by atoms with Crippen LogP contribution in [0.3, 0.4) is 0 Å². The number of rotatable bonds is 7. The molecule has 0 spiro atoms. The molecule has 1 aromatic carbocycles. The van der Waals surface area contributed by atoms with Crippen molar-refractivity contribution in [3.63, 3.8) is 0 Å². The molecule has 1 aromatic rings. The Hall–Kier alpha value is -1.59. The Balaban J connectivity index is 1.61. The largest absolute Gasteiger partial charge is 0.378 e. The van der Waals surface area contributed by atoms with Crippen LogP contribution in [-0.2, 0) is 4.74 Å². The molecule has 5 heteroatoms. The molecule has 1 aliphatic carbocycles. The third kappa shape index (κ3) is 4.51. The van der Waals surface area contributed by atoms with E-state index in [9.17, 15) is 4.79 Å². The molecule has 110 valence electrons. The monoisotopic (exact) mass is 277 g/mol. The van der Waals surface area contributed by atoms with Crippen molar-refractivity contribution in [3.05, 3.63) is 29.8 Å². The molecule has 0 aromatic heterocycles. The standard InChI is InChI=1S/C15H23N3O2/c16-18-13-8-6-12(7-9-13)15(19)17-10-3-11-20-14-4-1-2-5-14/h6-9,14,18H,1-5,10-11,16H2,(H,17,19). The van der Waals surface area contributed by atoms with Gasteiger partial charge in [0, 0.05) is 24.4 Å². The summed E-state index contributed by atoms with van der Waals surface area (Å²) in [7, 11) is 0. The summed E-state index contributed by atoms with van der Waals surface area (Å²) in [6, 6.07) is 7.05. The van der Waals surface area contributed by atoms with Gasteiger partial charge in [-0.1, -0.05) is 12.8 Å². The molecule has 2 rings (SSSR count). The summed E-state index contributed by atoms with van der Waals surface area (Å²) in [5, 5.41) is 2.89. The average molecular weight is 277 g/mol. The lowest BCUT2D eigenvalue weighted by molar-refractivity contribution is 0.0565. The van der Waals surface area contributed by atoms with Crippen molar-refractivity contribution in [1.82, 2.24) is 5.32 Å². The molecule has 20 heavy (non-hydrogen) atoms. The normalized spacial score (nSPS) is 15.2. The van der Waals surface area contributed by atoms with Gasteiger partial charge in [-0.25, -0.2) is 0 Å². The number of hydrogen-bond acceptors (Lipinski definition) is 4. The van der Waals surface area contributed by atoms with E-state index in [1.54, 1.807) is 24.3 Å². The summed E-state index contributed by atoms with van der Waals surface area (Å²) >= 11 is 0. The van der Waals surface area contributed by atoms with Gasteiger partial charge in [-0.05, 0) is 43.5 Å². The minimum atomic E-state index is -0.0607. The van der Waals surface area contributed by atoms with Gasteiger partial charge in [0.1, 0.15) is 0 Å². The lowest BCUT2D eigenvalue weighted by atomic mass is 10.2. The maximum atomic E-state index is 11.9. The molecule has 1 amide bonds. The van der Waals surface area contributed by atoms with E-state index in [0.29, 0.717) is 18.2 Å². The van der Waals surface area contributed by atoms with Crippen molar-refractivity contribution in [2.24, 2.45) is 5.84 Å². The maximum Gasteiger partial charge on any atom is 0.251 e. The Labute approximate surface area is 119 Å². The number of carbonyl (C=O) groups is 1. The second kappa shape index (κ2) is 7.87. The van der Waals surface area contributed by atoms with E-state index >= 15 is 0 Å². The first-order valence-corrected chi connectivity index (χ1v) is 7.26. The molecule has 0 aliphatic heterocycles. The molecular formula is C15H23N3O2. The van der Waals surface area contributed by atoms with Crippen LogP contribution in [0, 0.1) is 0 Å². The second-order valence-electron chi connectivity index (χ2n) is 5.11. The molecule has 0 bridgehead atoms. The first kappa shape index (κ1) is 14.8. The molecule has 1 saturated carbocycles. The molecule has 0 radical (unpaired) electrons. The topological polar surface area (TPSA) is 76.4 Å². The Kier molecular flexibility index (Phi) is 5.83. The van der Waals surface area contributed by atoms with E-state index in [2.05, 4.69) is 10.7 Å². The summed E-state index contributed by atoms with van der Waals surface area (Å²) in [6.45, 7) is 1.36. The van der Waals surface area contributed by atoms with E-state index in [1.165, 1.54) is 25.7 Å². The van der Waals surface area contributed by atoms with Crippen LogP contribution in [-0.4, -0.2) is 25.2 Å². The minimum Gasteiger partial charge on any atom is -0.378 e. The van der Waals surface area contributed by atoms with Crippen molar-refractivity contribution in [3.8, 4) is 0 Å². The predicted molar refractivity (Wildman–Crippen MR) is 79.4 cm³/mol. The zero-order chi connectivity index (χ0) is 14.2. The van der Waals surface area contributed by atoms with Crippen LogP contribution in [0.1, 0.15) is 42.5 Å². The Morgan fingerprint density at radius 3 is 2.60 bits per heavy atom. The number of hydrogen-bond donors (Lipinski definition) is 3. The highest BCUT2D eigenvalue weighted by atomic mass is 16.5. The van der Waals surface area contributed by atoms with Gasteiger partial charge in [-0.2, -0.15) is 0 Å². The van der Waals surface area contributed by atoms with Crippen molar-refractivity contribution in [2.45, 2.75) is 38.2 Å². The summed E-state index contributed by atoms with van der Waals surface area (Å²) in [5.74, 6) is 5.22. The van der Waals surface area contributed by atoms with Gasteiger partial charge in [0.05, 0.1) is 6.10 Å². The first-order valence-electron chi connectivity index (χ1n) is 7.26. The zero-order valence-electron chi connectivity index (χ0n) is 11.7. The van der Waals surface area contributed by atoms with Gasteiger partial charge in [0.15, 0.2) is 0 Å². The van der Waals surface area contributed by atoms with E-state index in [1.807, 2.05) is 0 Å². The van der Waals surface area contributed by atoms with Crippen molar-refractivity contribution in [2.75, 3.05) is 18.6 Å². The lowest BCUT2D eigenvalue weighted by Crippen LogP contribution is -2.25. The molecule has 0 saturated heterocycles. The number of ether oxygens (including phenoxy) is 1. The highest BCUT2D eigenvalue weighted by Crippen LogP contribution is 2.20. The summed E-state index contributed by atoms with van der Waals surface area (Å²) in [4.78, 5) is 11.9. The highest BCUT2D eigenvalue weighted by Gasteiger charge is 2.14. The third-order valence-corrected chi connectivity index (χ3v) is 3.58. The molecule has 0 atom stereocenters. The van der Waals surface area contributed by atoms with Crippen molar-refractivity contribution in [1.29, 1.82) is 0 Å². The fraction of sp³-hybridized carbons (Fsp3) is 0.533. The summed E-state index contributed by atoms with van der Waals surface area (Å²) < 4.78 is 5.75. The number of nitrogens with one attached hydrogen (secondary N) is 2. The number of benzene rings is 1. The number of anilines is 1. The SMILES string of the molecule is NNc1ccc(C(=O)NCCCOC2CCCC2)cc1. The maximum absolute atomic E-state index is 11.9.